The van der Waals surface area contributed by atoms with Crippen molar-refractivity contribution in [3.63, 3.8) is 0 Å². The number of hydrogen-bond donors (Lipinski definition) is 1. The van der Waals surface area contributed by atoms with Crippen LogP contribution < -0.4 is 0 Å². The van der Waals surface area contributed by atoms with Crippen LogP contribution in [0, 0.1) is 12.7 Å². The van der Waals surface area contributed by atoms with Crippen molar-refractivity contribution in [1.82, 2.24) is 15.0 Å². The van der Waals surface area contributed by atoms with Crippen molar-refractivity contribution in [2.24, 2.45) is 0 Å². The Balaban J connectivity index is 2.41. The summed E-state index contributed by atoms with van der Waals surface area (Å²) in [6.45, 7) is 1.62. The van der Waals surface area contributed by atoms with Gasteiger partial charge in [0.25, 0.3) is 0 Å². The van der Waals surface area contributed by atoms with E-state index in [-0.39, 0.29) is 12.4 Å². The van der Waals surface area contributed by atoms with E-state index in [1.807, 2.05) is 0 Å². The van der Waals surface area contributed by atoms with Crippen molar-refractivity contribution < 1.29 is 9.50 Å². The summed E-state index contributed by atoms with van der Waals surface area (Å²) in [5.74, 6) is -0.301. The van der Waals surface area contributed by atoms with E-state index in [1.54, 1.807) is 19.1 Å². The van der Waals surface area contributed by atoms with E-state index in [4.69, 9.17) is 5.11 Å². The van der Waals surface area contributed by atoms with Gasteiger partial charge in [-0.2, -0.15) is 15.0 Å². The van der Waals surface area contributed by atoms with Gasteiger partial charge < -0.3 is 5.11 Å². The Hall–Kier alpha value is -1.75. The first-order chi connectivity index (χ1) is 7.20. The molecule has 1 aromatic carbocycles. The lowest BCUT2D eigenvalue weighted by atomic mass is 10.3. The Morgan fingerprint density at radius 3 is 2.47 bits per heavy atom. The lowest BCUT2D eigenvalue weighted by molar-refractivity contribution is 0.275. The maximum Gasteiger partial charge on any atom is 0.123 e. The molecule has 2 rings (SSSR count). The van der Waals surface area contributed by atoms with Crippen LogP contribution in [0.25, 0.3) is 5.69 Å². The Morgan fingerprint density at radius 1 is 1.27 bits per heavy atom. The van der Waals surface area contributed by atoms with Crippen LogP contribution in [0.3, 0.4) is 0 Å². The van der Waals surface area contributed by atoms with E-state index < -0.39 is 0 Å². The standard InChI is InChI=1S/C10H10FN3O/c1-7-10(6-15)13-14(12-7)9-4-2-8(11)3-5-9/h2-5,15H,6H2,1H3. The average Bonchev–Trinajstić information content (AvgIpc) is 2.61. The van der Waals surface area contributed by atoms with Crippen LogP contribution in [-0.2, 0) is 6.61 Å². The van der Waals surface area contributed by atoms with Gasteiger partial charge in [-0.05, 0) is 31.2 Å². The second kappa shape index (κ2) is 3.78. The molecule has 0 unspecified atom stereocenters. The predicted octanol–water partition coefficient (Wildman–Crippen LogP) is 1.21. The molecule has 0 bridgehead atoms. The van der Waals surface area contributed by atoms with Crippen molar-refractivity contribution >= 4 is 0 Å². The third-order valence-corrected chi connectivity index (χ3v) is 2.09. The summed E-state index contributed by atoms with van der Waals surface area (Å²) in [5, 5.41) is 17.1. The second-order valence-corrected chi connectivity index (χ2v) is 3.16. The fourth-order valence-electron chi connectivity index (χ4n) is 1.24. The summed E-state index contributed by atoms with van der Waals surface area (Å²) in [7, 11) is 0. The number of rotatable bonds is 2. The molecule has 0 saturated heterocycles. The van der Waals surface area contributed by atoms with Gasteiger partial charge in [0, 0.05) is 0 Å². The fraction of sp³-hybridized carbons (Fsp3) is 0.200. The van der Waals surface area contributed by atoms with E-state index >= 15 is 0 Å². The monoisotopic (exact) mass is 207 g/mol. The van der Waals surface area contributed by atoms with Gasteiger partial charge in [-0.1, -0.05) is 0 Å². The molecule has 4 nitrogen and oxygen atoms in total. The SMILES string of the molecule is Cc1nn(-c2ccc(F)cc2)nc1CO. The summed E-state index contributed by atoms with van der Waals surface area (Å²) in [4.78, 5) is 1.38. The fourth-order valence-corrected chi connectivity index (χ4v) is 1.24. The zero-order valence-electron chi connectivity index (χ0n) is 8.18. The number of benzene rings is 1. The van der Waals surface area contributed by atoms with Crippen LogP contribution in [0.1, 0.15) is 11.4 Å². The molecule has 15 heavy (non-hydrogen) atoms. The maximum atomic E-state index is 12.7. The largest absolute Gasteiger partial charge is 0.390 e. The number of aromatic nitrogens is 3. The molecule has 0 spiro atoms. The number of aryl methyl sites for hydroxylation is 1. The minimum Gasteiger partial charge on any atom is -0.390 e. The van der Waals surface area contributed by atoms with Gasteiger partial charge in [-0.3, -0.25) is 0 Å². The van der Waals surface area contributed by atoms with Gasteiger partial charge >= 0.3 is 0 Å². The molecule has 0 fully saturated rings. The first-order valence-electron chi connectivity index (χ1n) is 4.50. The van der Waals surface area contributed by atoms with Gasteiger partial charge in [0.1, 0.15) is 11.5 Å². The van der Waals surface area contributed by atoms with Crippen LogP contribution >= 0.6 is 0 Å². The zero-order valence-corrected chi connectivity index (χ0v) is 8.18. The normalized spacial score (nSPS) is 10.6. The minimum absolute atomic E-state index is 0.146. The lowest BCUT2D eigenvalue weighted by Gasteiger charge is -1.97. The summed E-state index contributed by atoms with van der Waals surface area (Å²) >= 11 is 0. The molecular formula is C10H10FN3O. The van der Waals surface area contributed by atoms with Gasteiger partial charge in [-0.25, -0.2) is 4.39 Å². The van der Waals surface area contributed by atoms with Crippen molar-refractivity contribution in [1.29, 1.82) is 0 Å². The van der Waals surface area contributed by atoms with Crippen molar-refractivity contribution in [3.8, 4) is 5.69 Å². The number of hydrogen-bond acceptors (Lipinski definition) is 3. The molecule has 0 radical (unpaired) electrons. The first-order valence-corrected chi connectivity index (χ1v) is 4.50. The van der Waals surface area contributed by atoms with Crippen molar-refractivity contribution in [2.45, 2.75) is 13.5 Å². The molecule has 1 heterocycles. The Morgan fingerprint density at radius 2 is 1.93 bits per heavy atom. The highest BCUT2D eigenvalue weighted by Gasteiger charge is 2.06. The van der Waals surface area contributed by atoms with Gasteiger partial charge in [0.05, 0.1) is 18.0 Å². The highest BCUT2D eigenvalue weighted by atomic mass is 19.1. The van der Waals surface area contributed by atoms with E-state index in [1.165, 1.54) is 16.9 Å². The Kier molecular flexibility index (Phi) is 2.47. The van der Waals surface area contributed by atoms with Crippen LogP contribution in [0.4, 0.5) is 4.39 Å². The predicted molar refractivity (Wildman–Crippen MR) is 52.0 cm³/mol. The van der Waals surface area contributed by atoms with Crippen molar-refractivity contribution in [3.05, 3.63) is 41.5 Å². The molecule has 1 N–H and O–H groups in total. The summed E-state index contributed by atoms with van der Waals surface area (Å²) in [6.07, 6.45) is 0. The molecule has 0 aliphatic carbocycles. The van der Waals surface area contributed by atoms with Crippen LogP contribution in [0.2, 0.25) is 0 Å². The number of nitrogens with zero attached hydrogens (tertiary/aromatic N) is 3. The van der Waals surface area contributed by atoms with Crippen molar-refractivity contribution in [2.75, 3.05) is 0 Å². The van der Waals surface area contributed by atoms with Gasteiger partial charge in [0.15, 0.2) is 0 Å². The highest BCUT2D eigenvalue weighted by Crippen LogP contribution is 2.09. The zero-order chi connectivity index (χ0) is 10.8. The van der Waals surface area contributed by atoms with E-state index in [9.17, 15) is 4.39 Å². The molecular weight excluding hydrogens is 197 g/mol. The third-order valence-electron chi connectivity index (χ3n) is 2.09. The molecule has 0 saturated carbocycles. The Bertz CT molecular complexity index is 464. The smallest absolute Gasteiger partial charge is 0.123 e. The summed E-state index contributed by atoms with van der Waals surface area (Å²) in [5.41, 5.74) is 1.86. The number of aliphatic hydroxyl groups excluding tert-OH is 1. The average molecular weight is 207 g/mol. The number of aliphatic hydroxyl groups is 1. The molecule has 2 aromatic rings. The molecule has 78 valence electrons. The van der Waals surface area contributed by atoms with E-state index in [2.05, 4.69) is 10.2 Å². The number of halogens is 1. The van der Waals surface area contributed by atoms with Crippen LogP contribution in [0.5, 0.6) is 0 Å². The molecule has 1 aromatic heterocycles. The topological polar surface area (TPSA) is 50.9 Å². The van der Waals surface area contributed by atoms with Crippen LogP contribution in [0.15, 0.2) is 24.3 Å². The van der Waals surface area contributed by atoms with E-state index in [0.29, 0.717) is 17.1 Å². The first kappa shape index (κ1) is 9.79. The third kappa shape index (κ3) is 1.87. The molecule has 0 aliphatic heterocycles. The summed E-state index contributed by atoms with van der Waals surface area (Å²) < 4.78 is 12.7. The maximum absolute atomic E-state index is 12.7. The summed E-state index contributed by atoms with van der Waals surface area (Å²) in [6, 6.07) is 5.84. The van der Waals surface area contributed by atoms with Crippen LogP contribution in [-0.4, -0.2) is 20.1 Å². The highest BCUT2D eigenvalue weighted by molar-refractivity contribution is 5.29. The molecule has 0 amide bonds. The quantitative estimate of drug-likeness (QED) is 0.805. The molecule has 0 atom stereocenters. The molecule has 5 heteroatoms. The Labute approximate surface area is 86.0 Å². The van der Waals surface area contributed by atoms with Gasteiger partial charge in [0.2, 0.25) is 0 Å². The lowest BCUT2D eigenvalue weighted by Crippen LogP contribution is -1.99. The van der Waals surface area contributed by atoms with Gasteiger partial charge in [-0.15, -0.1) is 0 Å². The second-order valence-electron chi connectivity index (χ2n) is 3.16. The van der Waals surface area contributed by atoms with E-state index in [0.717, 1.165) is 0 Å². The minimum atomic E-state index is -0.301. The molecule has 0 aliphatic rings.